The van der Waals surface area contributed by atoms with E-state index < -0.39 is 0 Å². The zero-order valence-corrected chi connectivity index (χ0v) is 10.0. The Bertz CT molecular complexity index is 138. The maximum atomic E-state index is 5.94. The van der Waals surface area contributed by atoms with Gasteiger partial charge in [-0.1, -0.05) is 26.7 Å². The standard InChI is InChI=1S/C12H25NO/c1-9(2)13-11-7-5-6-8-12(11)14-10(3)4/h9-13H,5-8H2,1-4H3/t11-,12-/m0/s1. The summed E-state index contributed by atoms with van der Waals surface area (Å²) in [5.74, 6) is 0. The highest BCUT2D eigenvalue weighted by molar-refractivity contribution is 4.83. The van der Waals surface area contributed by atoms with Gasteiger partial charge >= 0.3 is 0 Å². The molecule has 0 aromatic carbocycles. The second-order valence-corrected chi connectivity index (χ2v) is 4.94. The maximum absolute atomic E-state index is 5.94. The van der Waals surface area contributed by atoms with Crippen LogP contribution in [0, 0.1) is 0 Å². The molecule has 0 heterocycles. The Hall–Kier alpha value is -0.0800. The van der Waals surface area contributed by atoms with Crippen molar-refractivity contribution in [1.82, 2.24) is 5.32 Å². The summed E-state index contributed by atoms with van der Waals surface area (Å²) < 4.78 is 5.94. The number of hydrogen-bond donors (Lipinski definition) is 1. The topological polar surface area (TPSA) is 21.3 Å². The highest BCUT2D eigenvalue weighted by atomic mass is 16.5. The van der Waals surface area contributed by atoms with Crippen LogP contribution in [0.4, 0.5) is 0 Å². The van der Waals surface area contributed by atoms with Crippen molar-refractivity contribution in [3.8, 4) is 0 Å². The van der Waals surface area contributed by atoms with Gasteiger partial charge in [-0.2, -0.15) is 0 Å². The molecule has 0 spiro atoms. The van der Waals surface area contributed by atoms with Crippen molar-refractivity contribution in [1.29, 1.82) is 0 Å². The summed E-state index contributed by atoms with van der Waals surface area (Å²) in [6.07, 6.45) is 5.97. The van der Waals surface area contributed by atoms with Gasteiger partial charge in [0.25, 0.3) is 0 Å². The minimum atomic E-state index is 0.356. The van der Waals surface area contributed by atoms with Crippen LogP contribution in [0.1, 0.15) is 53.4 Å². The summed E-state index contributed by atoms with van der Waals surface area (Å²) in [4.78, 5) is 0. The van der Waals surface area contributed by atoms with E-state index in [2.05, 4.69) is 33.0 Å². The van der Waals surface area contributed by atoms with Gasteiger partial charge in [-0.25, -0.2) is 0 Å². The SMILES string of the molecule is CC(C)N[C@H]1CCCC[C@@H]1OC(C)C. The zero-order valence-electron chi connectivity index (χ0n) is 10.0. The van der Waals surface area contributed by atoms with Crippen LogP contribution in [0.15, 0.2) is 0 Å². The number of ether oxygens (including phenoxy) is 1. The van der Waals surface area contributed by atoms with Crippen LogP contribution in [0.25, 0.3) is 0 Å². The first kappa shape index (κ1) is 12.0. The second-order valence-electron chi connectivity index (χ2n) is 4.94. The van der Waals surface area contributed by atoms with E-state index in [1.54, 1.807) is 0 Å². The largest absolute Gasteiger partial charge is 0.374 e. The molecule has 84 valence electrons. The van der Waals surface area contributed by atoms with Crippen molar-refractivity contribution >= 4 is 0 Å². The summed E-state index contributed by atoms with van der Waals surface area (Å²) in [7, 11) is 0. The minimum absolute atomic E-state index is 0.356. The number of hydrogen-bond acceptors (Lipinski definition) is 2. The molecule has 1 fully saturated rings. The summed E-state index contributed by atoms with van der Waals surface area (Å²) in [6.45, 7) is 8.67. The Morgan fingerprint density at radius 3 is 2.29 bits per heavy atom. The Balaban J connectivity index is 2.41. The fourth-order valence-corrected chi connectivity index (χ4v) is 2.23. The van der Waals surface area contributed by atoms with Gasteiger partial charge in [0.15, 0.2) is 0 Å². The maximum Gasteiger partial charge on any atom is 0.0731 e. The van der Waals surface area contributed by atoms with Gasteiger partial charge in [0.05, 0.1) is 12.2 Å². The normalized spacial score (nSPS) is 28.7. The highest BCUT2D eigenvalue weighted by Crippen LogP contribution is 2.22. The van der Waals surface area contributed by atoms with E-state index >= 15 is 0 Å². The van der Waals surface area contributed by atoms with Crippen molar-refractivity contribution in [2.45, 2.75) is 77.7 Å². The molecule has 1 N–H and O–H groups in total. The third-order valence-electron chi connectivity index (χ3n) is 2.70. The van der Waals surface area contributed by atoms with E-state index in [1.807, 2.05) is 0 Å². The summed E-state index contributed by atoms with van der Waals surface area (Å²) >= 11 is 0. The molecule has 0 aliphatic heterocycles. The summed E-state index contributed by atoms with van der Waals surface area (Å²) in [5, 5.41) is 3.61. The number of rotatable bonds is 4. The molecule has 0 bridgehead atoms. The van der Waals surface area contributed by atoms with E-state index in [9.17, 15) is 0 Å². The molecular formula is C12H25NO. The van der Waals surface area contributed by atoms with E-state index in [0.717, 1.165) is 0 Å². The van der Waals surface area contributed by atoms with Crippen LogP contribution in [0.3, 0.4) is 0 Å². The first-order valence-corrected chi connectivity index (χ1v) is 6.01. The average Bonchev–Trinajstić information content (AvgIpc) is 2.06. The first-order valence-electron chi connectivity index (χ1n) is 6.01. The molecule has 0 unspecified atom stereocenters. The van der Waals surface area contributed by atoms with Crippen LogP contribution in [0.2, 0.25) is 0 Å². The van der Waals surface area contributed by atoms with Gasteiger partial charge < -0.3 is 10.1 Å². The van der Waals surface area contributed by atoms with Crippen LogP contribution < -0.4 is 5.32 Å². The molecular weight excluding hydrogens is 174 g/mol. The molecule has 0 radical (unpaired) electrons. The molecule has 0 amide bonds. The van der Waals surface area contributed by atoms with Crippen LogP contribution in [-0.4, -0.2) is 24.3 Å². The van der Waals surface area contributed by atoms with Crippen molar-refractivity contribution in [2.24, 2.45) is 0 Å². The Morgan fingerprint density at radius 2 is 1.71 bits per heavy atom. The van der Waals surface area contributed by atoms with Crippen molar-refractivity contribution in [3.05, 3.63) is 0 Å². The molecule has 1 aliphatic carbocycles. The Morgan fingerprint density at radius 1 is 1.07 bits per heavy atom. The van der Waals surface area contributed by atoms with Gasteiger partial charge in [-0.05, 0) is 26.7 Å². The average molecular weight is 199 g/mol. The molecule has 1 saturated carbocycles. The van der Waals surface area contributed by atoms with Crippen LogP contribution in [-0.2, 0) is 4.74 Å². The molecule has 2 heteroatoms. The van der Waals surface area contributed by atoms with Crippen molar-refractivity contribution in [3.63, 3.8) is 0 Å². The van der Waals surface area contributed by atoms with Crippen LogP contribution in [0.5, 0.6) is 0 Å². The molecule has 0 aromatic heterocycles. The third kappa shape index (κ3) is 3.97. The minimum Gasteiger partial charge on any atom is -0.374 e. The van der Waals surface area contributed by atoms with Gasteiger partial charge in [0.2, 0.25) is 0 Å². The number of nitrogens with one attached hydrogen (secondary N) is 1. The molecule has 1 rings (SSSR count). The van der Waals surface area contributed by atoms with Gasteiger partial charge in [-0.3, -0.25) is 0 Å². The molecule has 1 aliphatic rings. The fraction of sp³-hybridized carbons (Fsp3) is 1.00. The second kappa shape index (κ2) is 5.72. The smallest absolute Gasteiger partial charge is 0.0731 e. The lowest BCUT2D eigenvalue weighted by Crippen LogP contribution is -2.47. The highest BCUT2D eigenvalue weighted by Gasteiger charge is 2.26. The Labute approximate surface area is 88.4 Å². The molecule has 0 saturated heterocycles. The summed E-state index contributed by atoms with van der Waals surface area (Å²) in [5.41, 5.74) is 0. The van der Waals surface area contributed by atoms with Gasteiger partial charge in [0, 0.05) is 12.1 Å². The van der Waals surface area contributed by atoms with Crippen LogP contribution >= 0.6 is 0 Å². The monoisotopic (exact) mass is 199 g/mol. The van der Waals surface area contributed by atoms with E-state index in [1.165, 1.54) is 25.7 Å². The third-order valence-corrected chi connectivity index (χ3v) is 2.70. The lowest BCUT2D eigenvalue weighted by molar-refractivity contribution is -0.0324. The van der Waals surface area contributed by atoms with E-state index in [4.69, 9.17) is 4.74 Å². The van der Waals surface area contributed by atoms with Crippen molar-refractivity contribution in [2.75, 3.05) is 0 Å². The van der Waals surface area contributed by atoms with E-state index in [-0.39, 0.29) is 0 Å². The first-order chi connectivity index (χ1) is 6.59. The fourth-order valence-electron chi connectivity index (χ4n) is 2.23. The Kier molecular flexibility index (Phi) is 4.90. The summed E-state index contributed by atoms with van der Waals surface area (Å²) in [6, 6.07) is 1.14. The van der Waals surface area contributed by atoms with E-state index in [0.29, 0.717) is 24.3 Å². The predicted molar refractivity (Wildman–Crippen MR) is 60.5 cm³/mol. The molecule has 0 aromatic rings. The zero-order chi connectivity index (χ0) is 10.6. The quantitative estimate of drug-likeness (QED) is 0.751. The van der Waals surface area contributed by atoms with Crippen molar-refractivity contribution < 1.29 is 4.74 Å². The lowest BCUT2D eigenvalue weighted by Gasteiger charge is -2.34. The van der Waals surface area contributed by atoms with Gasteiger partial charge in [-0.15, -0.1) is 0 Å². The molecule has 2 atom stereocenters. The molecule has 14 heavy (non-hydrogen) atoms. The lowest BCUT2D eigenvalue weighted by atomic mass is 9.92. The molecule has 2 nitrogen and oxygen atoms in total. The van der Waals surface area contributed by atoms with Gasteiger partial charge in [0.1, 0.15) is 0 Å². The predicted octanol–water partition coefficient (Wildman–Crippen LogP) is 2.72.